The molecule has 1 amide bonds. The summed E-state index contributed by atoms with van der Waals surface area (Å²) < 4.78 is 6.57. The van der Waals surface area contributed by atoms with Crippen LogP contribution in [0.3, 0.4) is 0 Å². The molecule has 0 radical (unpaired) electrons. The van der Waals surface area contributed by atoms with Crippen molar-refractivity contribution in [2.45, 2.75) is 18.9 Å². The standard InChI is InChI=1S/C13H15BrN2O2/c1-9-2-3-10(6-11(9)14)16-8-13(18-12(16)17)4-5-15-7-13/h2-3,6,15H,4-5,7-8H2,1H3. The van der Waals surface area contributed by atoms with Crippen molar-refractivity contribution in [3.05, 3.63) is 28.2 Å². The number of ether oxygens (including phenoxy) is 1. The summed E-state index contributed by atoms with van der Waals surface area (Å²) in [6, 6.07) is 5.94. The van der Waals surface area contributed by atoms with Crippen LogP contribution in [-0.2, 0) is 4.74 Å². The summed E-state index contributed by atoms with van der Waals surface area (Å²) in [7, 11) is 0. The van der Waals surface area contributed by atoms with Crippen LogP contribution in [0.25, 0.3) is 0 Å². The molecule has 2 saturated heterocycles. The molecule has 2 fully saturated rings. The Hall–Kier alpha value is -1.07. The van der Waals surface area contributed by atoms with Gasteiger partial charge in [0.05, 0.1) is 6.54 Å². The van der Waals surface area contributed by atoms with Crippen LogP contribution in [0, 0.1) is 6.92 Å². The van der Waals surface area contributed by atoms with E-state index in [1.54, 1.807) is 4.90 Å². The van der Waals surface area contributed by atoms with Gasteiger partial charge in [-0.25, -0.2) is 4.79 Å². The minimum Gasteiger partial charge on any atom is -0.439 e. The third-order valence-electron chi connectivity index (χ3n) is 3.64. The number of anilines is 1. The molecule has 3 rings (SSSR count). The first-order chi connectivity index (χ1) is 8.60. The quantitative estimate of drug-likeness (QED) is 0.866. The van der Waals surface area contributed by atoms with Crippen LogP contribution in [0.15, 0.2) is 22.7 Å². The van der Waals surface area contributed by atoms with Gasteiger partial charge in [0.2, 0.25) is 0 Å². The molecule has 1 aromatic carbocycles. The van der Waals surface area contributed by atoms with Crippen molar-refractivity contribution >= 4 is 27.7 Å². The highest BCUT2D eigenvalue weighted by molar-refractivity contribution is 9.10. The summed E-state index contributed by atoms with van der Waals surface area (Å²) in [5.41, 5.74) is 1.72. The van der Waals surface area contributed by atoms with Crippen molar-refractivity contribution in [2.24, 2.45) is 0 Å². The Balaban J connectivity index is 1.88. The smallest absolute Gasteiger partial charge is 0.415 e. The highest BCUT2D eigenvalue weighted by Crippen LogP contribution is 2.33. The molecule has 0 bridgehead atoms. The Morgan fingerprint density at radius 3 is 3.00 bits per heavy atom. The van der Waals surface area contributed by atoms with Gasteiger partial charge in [0.15, 0.2) is 0 Å². The predicted octanol–water partition coefficient (Wildman–Crippen LogP) is 2.45. The maximum absolute atomic E-state index is 12.0. The maximum Gasteiger partial charge on any atom is 0.415 e. The second-order valence-electron chi connectivity index (χ2n) is 5.00. The first-order valence-corrected chi connectivity index (χ1v) is 6.86. The number of halogens is 1. The lowest BCUT2D eigenvalue weighted by Gasteiger charge is -2.19. The largest absolute Gasteiger partial charge is 0.439 e. The first-order valence-electron chi connectivity index (χ1n) is 6.07. The van der Waals surface area contributed by atoms with E-state index in [0.717, 1.165) is 35.2 Å². The molecule has 1 aromatic rings. The summed E-state index contributed by atoms with van der Waals surface area (Å²) >= 11 is 3.50. The van der Waals surface area contributed by atoms with Gasteiger partial charge in [0.25, 0.3) is 0 Å². The molecule has 5 heteroatoms. The Morgan fingerprint density at radius 1 is 1.50 bits per heavy atom. The molecule has 1 atom stereocenters. The zero-order valence-electron chi connectivity index (χ0n) is 10.2. The molecule has 2 aliphatic heterocycles. The van der Waals surface area contributed by atoms with Crippen molar-refractivity contribution < 1.29 is 9.53 Å². The molecule has 4 nitrogen and oxygen atoms in total. The van der Waals surface area contributed by atoms with E-state index < -0.39 is 0 Å². The number of hydrogen-bond acceptors (Lipinski definition) is 3. The van der Waals surface area contributed by atoms with Gasteiger partial charge in [0, 0.05) is 23.1 Å². The lowest BCUT2D eigenvalue weighted by molar-refractivity contribution is 0.0733. The molecule has 1 spiro atoms. The zero-order chi connectivity index (χ0) is 12.8. The van der Waals surface area contributed by atoms with Crippen LogP contribution < -0.4 is 10.2 Å². The van der Waals surface area contributed by atoms with Gasteiger partial charge in [-0.15, -0.1) is 0 Å². The molecule has 18 heavy (non-hydrogen) atoms. The summed E-state index contributed by atoms with van der Waals surface area (Å²) in [6.07, 6.45) is 0.650. The van der Waals surface area contributed by atoms with E-state index in [-0.39, 0.29) is 11.7 Å². The van der Waals surface area contributed by atoms with Crippen LogP contribution in [0.1, 0.15) is 12.0 Å². The van der Waals surface area contributed by atoms with Crippen molar-refractivity contribution in [1.82, 2.24) is 5.32 Å². The number of benzene rings is 1. The van der Waals surface area contributed by atoms with Crippen molar-refractivity contribution in [3.63, 3.8) is 0 Å². The second kappa shape index (κ2) is 4.24. The summed E-state index contributed by atoms with van der Waals surface area (Å²) in [5.74, 6) is 0. The van der Waals surface area contributed by atoms with Gasteiger partial charge in [-0.1, -0.05) is 22.0 Å². The molecule has 0 aromatic heterocycles. The number of hydrogen-bond donors (Lipinski definition) is 1. The van der Waals surface area contributed by atoms with Crippen LogP contribution in [0.4, 0.5) is 10.5 Å². The predicted molar refractivity (Wildman–Crippen MR) is 72.9 cm³/mol. The molecular formula is C13H15BrN2O2. The SMILES string of the molecule is Cc1ccc(N2CC3(CCNC3)OC2=O)cc1Br. The molecular weight excluding hydrogens is 296 g/mol. The van der Waals surface area contributed by atoms with Gasteiger partial charge in [-0.2, -0.15) is 0 Å². The topological polar surface area (TPSA) is 41.6 Å². The van der Waals surface area contributed by atoms with Crippen molar-refractivity contribution in [1.29, 1.82) is 0 Å². The number of amides is 1. The maximum atomic E-state index is 12.0. The Kier molecular flexibility index (Phi) is 2.83. The molecule has 2 heterocycles. The highest BCUT2D eigenvalue weighted by atomic mass is 79.9. The number of carbonyl (C=O) groups is 1. The van der Waals surface area contributed by atoms with E-state index in [9.17, 15) is 4.79 Å². The summed E-state index contributed by atoms with van der Waals surface area (Å²) in [5, 5.41) is 3.25. The molecule has 0 aliphatic carbocycles. The minimum absolute atomic E-state index is 0.241. The fraction of sp³-hybridized carbons (Fsp3) is 0.462. The second-order valence-corrected chi connectivity index (χ2v) is 5.85. The fourth-order valence-electron chi connectivity index (χ4n) is 2.51. The van der Waals surface area contributed by atoms with E-state index in [1.165, 1.54) is 0 Å². The lowest BCUT2D eigenvalue weighted by atomic mass is 10.0. The molecule has 2 aliphatic rings. The van der Waals surface area contributed by atoms with Crippen LogP contribution >= 0.6 is 15.9 Å². The minimum atomic E-state index is -0.325. The Labute approximate surface area is 114 Å². The zero-order valence-corrected chi connectivity index (χ0v) is 11.8. The number of rotatable bonds is 1. The van der Waals surface area contributed by atoms with E-state index in [4.69, 9.17) is 4.74 Å². The molecule has 96 valence electrons. The average molecular weight is 311 g/mol. The van der Waals surface area contributed by atoms with Gasteiger partial charge in [-0.3, -0.25) is 4.90 Å². The average Bonchev–Trinajstić information content (AvgIpc) is 2.91. The van der Waals surface area contributed by atoms with E-state index in [2.05, 4.69) is 21.2 Å². The number of nitrogens with one attached hydrogen (secondary N) is 1. The van der Waals surface area contributed by atoms with E-state index in [1.807, 2.05) is 25.1 Å². The van der Waals surface area contributed by atoms with Crippen molar-refractivity contribution in [2.75, 3.05) is 24.5 Å². The van der Waals surface area contributed by atoms with E-state index in [0.29, 0.717) is 6.54 Å². The summed E-state index contributed by atoms with van der Waals surface area (Å²) in [6.45, 7) is 4.33. The van der Waals surface area contributed by atoms with Crippen LogP contribution in [0.2, 0.25) is 0 Å². The van der Waals surface area contributed by atoms with Gasteiger partial charge >= 0.3 is 6.09 Å². The van der Waals surface area contributed by atoms with Gasteiger partial charge in [-0.05, 0) is 31.2 Å². The number of carbonyl (C=O) groups excluding carboxylic acids is 1. The van der Waals surface area contributed by atoms with Crippen LogP contribution in [-0.4, -0.2) is 31.3 Å². The number of aryl methyl sites for hydroxylation is 1. The molecule has 1 N–H and O–H groups in total. The van der Waals surface area contributed by atoms with Crippen LogP contribution in [0.5, 0.6) is 0 Å². The highest BCUT2D eigenvalue weighted by Gasteiger charge is 2.47. The van der Waals surface area contributed by atoms with E-state index >= 15 is 0 Å². The molecule has 1 unspecified atom stereocenters. The Morgan fingerprint density at radius 2 is 2.33 bits per heavy atom. The van der Waals surface area contributed by atoms with Crippen molar-refractivity contribution in [3.8, 4) is 0 Å². The fourth-order valence-corrected chi connectivity index (χ4v) is 2.88. The Bertz CT molecular complexity index is 498. The molecule has 0 saturated carbocycles. The first kappa shape index (κ1) is 12.0. The normalized spacial score (nSPS) is 27.0. The number of nitrogens with zero attached hydrogens (tertiary/aromatic N) is 1. The van der Waals surface area contributed by atoms with Gasteiger partial charge in [0.1, 0.15) is 5.60 Å². The lowest BCUT2D eigenvalue weighted by Crippen LogP contribution is -2.36. The van der Waals surface area contributed by atoms with Gasteiger partial charge < -0.3 is 10.1 Å². The monoisotopic (exact) mass is 310 g/mol. The summed E-state index contributed by atoms with van der Waals surface area (Å²) in [4.78, 5) is 13.7. The third kappa shape index (κ3) is 1.91. The third-order valence-corrected chi connectivity index (χ3v) is 4.50.